The Morgan fingerprint density at radius 3 is 2.91 bits per heavy atom. The Hall–Kier alpha value is -2.68. The van der Waals surface area contributed by atoms with Crippen molar-refractivity contribution in [3.63, 3.8) is 0 Å². The molecule has 4 rings (SSSR count). The summed E-state index contributed by atoms with van der Waals surface area (Å²) in [5, 5.41) is 4.03. The van der Waals surface area contributed by atoms with E-state index in [-0.39, 0.29) is 5.91 Å². The fourth-order valence-electron chi connectivity index (χ4n) is 3.43. The smallest absolute Gasteiger partial charge is 0.225 e. The molecule has 0 fully saturated rings. The van der Waals surface area contributed by atoms with Gasteiger partial charge in [0.15, 0.2) is 0 Å². The lowest BCUT2D eigenvalue weighted by atomic mass is 9.97. The van der Waals surface area contributed by atoms with Crippen LogP contribution in [-0.4, -0.2) is 10.9 Å². The predicted octanol–water partition coefficient (Wildman–Crippen LogP) is 4.29. The topological polar surface area (TPSA) is 42.0 Å². The monoisotopic (exact) mass is 302 g/mol. The van der Waals surface area contributed by atoms with Crippen molar-refractivity contribution in [2.45, 2.75) is 25.2 Å². The van der Waals surface area contributed by atoms with Crippen molar-refractivity contribution >= 4 is 22.5 Å². The number of anilines is 1. The number of amides is 1. The van der Waals surface area contributed by atoms with Crippen molar-refractivity contribution in [1.29, 1.82) is 0 Å². The van der Waals surface area contributed by atoms with Gasteiger partial charge in [0, 0.05) is 11.8 Å². The van der Waals surface area contributed by atoms with Gasteiger partial charge in [-0.25, -0.2) is 0 Å². The number of para-hydroxylation sites is 1. The Balaban J connectivity index is 1.47. The minimum absolute atomic E-state index is 0.0591. The first-order valence-corrected chi connectivity index (χ1v) is 8.02. The highest BCUT2D eigenvalue weighted by Crippen LogP contribution is 2.35. The third kappa shape index (κ3) is 2.82. The Bertz CT molecular complexity index is 872. The highest BCUT2D eigenvalue weighted by molar-refractivity contribution is 5.93. The molecule has 1 unspecified atom stereocenters. The van der Waals surface area contributed by atoms with Crippen molar-refractivity contribution in [2.24, 2.45) is 0 Å². The molecule has 1 aromatic heterocycles. The quantitative estimate of drug-likeness (QED) is 0.784. The van der Waals surface area contributed by atoms with Gasteiger partial charge in [0.2, 0.25) is 5.91 Å². The number of benzene rings is 2. The van der Waals surface area contributed by atoms with E-state index in [1.54, 1.807) is 6.20 Å². The number of hydrogen-bond acceptors (Lipinski definition) is 2. The van der Waals surface area contributed by atoms with Gasteiger partial charge in [-0.05, 0) is 42.0 Å². The van der Waals surface area contributed by atoms with E-state index in [9.17, 15) is 4.79 Å². The van der Waals surface area contributed by atoms with Crippen molar-refractivity contribution in [3.8, 4) is 0 Å². The van der Waals surface area contributed by atoms with Crippen LogP contribution in [0.2, 0.25) is 0 Å². The van der Waals surface area contributed by atoms with E-state index < -0.39 is 0 Å². The molecule has 2 aromatic carbocycles. The maximum atomic E-state index is 12.4. The van der Waals surface area contributed by atoms with Crippen molar-refractivity contribution in [2.75, 3.05) is 5.32 Å². The van der Waals surface area contributed by atoms with Gasteiger partial charge in [-0.15, -0.1) is 0 Å². The van der Waals surface area contributed by atoms with Gasteiger partial charge in [-0.1, -0.05) is 42.5 Å². The molecule has 1 amide bonds. The first-order chi connectivity index (χ1) is 11.3. The summed E-state index contributed by atoms with van der Waals surface area (Å²) < 4.78 is 0. The summed E-state index contributed by atoms with van der Waals surface area (Å²) in [5.74, 6) is 0.392. The third-order valence-corrected chi connectivity index (χ3v) is 4.56. The van der Waals surface area contributed by atoms with E-state index in [1.165, 1.54) is 11.1 Å². The van der Waals surface area contributed by atoms with Crippen molar-refractivity contribution < 1.29 is 4.79 Å². The fourth-order valence-corrected chi connectivity index (χ4v) is 3.43. The van der Waals surface area contributed by atoms with Crippen molar-refractivity contribution in [1.82, 2.24) is 4.98 Å². The number of rotatable bonds is 3. The maximum Gasteiger partial charge on any atom is 0.225 e. The van der Waals surface area contributed by atoms with Gasteiger partial charge >= 0.3 is 0 Å². The van der Waals surface area contributed by atoms with Gasteiger partial charge in [0.25, 0.3) is 0 Å². The number of carbonyl (C=O) groups is 1. The molecular formula is C20H18N2O. The third-order valence-electron chi connectivity index (χ3n) is 4.56. The highest BCUT2D eigenvalue weighted by atomic mass is 16.1. The van der Waals surface area contributed by atoms with E-state index in [4.69, 9.17) is 0 Å². The Morgan fingerprint density at radius 1 is 1.13 bits per heavy atom. The minimum Gasteiger partial charge on any atom is -0.325 e. The average molecular weight is 302 g/mol. The van der Waals surface area contributed by atoms with Crippen LogP contribution in [0.3, 0.4) is 0 Å². The SMILES string of the molecule is O=C(CC1CCc2ccccc21)Nc1cnc2ccccc2c1. The first-order valence-electron chi connectivity index (χ1n) is 8.02. The van der Waals surface area contributed by atoms with Crippen LogP contribution in [0.4, 0.5) is 5.69 Å². The Kier molecular flexibility index (Phi) is 3.54. The van der Waals surface area contributed by atoms with Crippen LogP contribution in [0.5, 0.6) is 0 Å². The number of nitrogens with one attached hydrogen (secondary N) is 1. The van der Waals surface area contributed by atoms with Gasteiger partial charge < -0.3 is 5.32 Å². The van der Waals surface area contributed by atoms with Crippen LogP contribution in [0.25, 0.3) is 10.9 Å². The second kappa shape index (κ2) is 5.84. The van der Waals surface area contributed by atoms with Crippen LogP contribution < -0.4 is 5.32 Å². The first kappa shape index (κ1) is 13.9. The zero-order valence-electron chi connectivity index (χ0n) is 12.8. The van der Waals surface area contributed by atoms with E-state index in [2.05, 4.69) is 34.6 Å². The Labute approximate surface area is 135 Å². The van der Waals surface area contributed by atoms with E-state index in [0.717, 1.165) is 29.4 Å². The summed E-state index contributed by atoms with van der Waals surface area (Å²) in [4.78, 5) is 16.8. The largest absolute Gasteiger partial charge is 0.325 e. The predicted molar refractivity (Wildman–Crippen MR) is 92.5 cm³/mol. The molecule has 1 aliphatic rings. The molecule has 1 atom stereocenters. The molecule has 3 heteroatoms. The zero-order valence-corrected chi connectivity index (χ0v) is 12.8. The molecule has 0 bridgehead atoms. The van der Waals surface area contributed by atoms with Crippen LogP contribution in [0.15, 0.2) is 60.8 Å². The molecule has 0 aliphatic heterocycles. The molecule has 3 aromatic rings. The number of pyridine rings is 1. The van der Waals surface area contributed by atoms with E-state index in [1.807, 2.05) is 30.3 Å². The molecule has 114 valence electrons. The van der Waals surface area contributed by atoms with Crippen LogP contribution in [-0.2, 0) is 11.2 Å². The molecule has 0 spiro atoms. The molecular weight excluding hydrogens is 284 g/mol. The number of aryl methyl sites for hydroxylation is 1. The lowest BCUT2D eigenvalue weighted by Gasteiger charge is -2.12. The minimum atomic E-state index is 0.0591. The maximum absolute atomic E-state index is 12.4. The molecule has 3 nitrogen and oxygen atoms in total. The lowest BCUT2D eigenvalue weighted by Crippen LogP contribution is -2.14. The number of nitrogens with zero attached hydrogens (tertiary/aromatic N) is 1. The molecule has 1 N–H and O–H groups in total. The summed E-state index contributed by atoms with van der Waals surface area (Å²) in [6.07, 6.45) is 4.39. The normalized spacial score (nSPS) is 16.3. The van der Waals surface area contributed by atoms with E-state index in [0.29, 0.717) is 12.3 Å². The summed E-state index contributed by atoms with van der Waals surface area (Å²) in [6.45, 7) is 0. The summed E-state index contributed by atoms with van der Waals surface area (Å²) in [6, 6.07) is 18.3. The Morgan fingerprint density at radius 2 is 1.96 bits per heavy atom. The number of aromatic nitrogens is 1. The van der Waals surface area contributed by atoms with Gasteiger partial charge in [-0.3, -0.25) is 9.78 Å². The standard InChI is InChI=1S/C20H18N2O/c23-20(12-15-10-9-14-5-1-3-7-18(14)15)22-17-11-16-6-2-4-8-19(16)21-13-17/h1-8,11,13,15H,9-10,12H2,(H,22,23). The lowest BCUT2D eigenvalue weighted by molar-refractivity contribution is -0.116. The van der Waals surface area contributed by atoms with Gasteiger partial charge in [0.1, 0.15) is 0 Å². The van der Waals surface area contributed by atoms with Crippen LogP contribution in [0, 0.1) is 0 Å². The fraction of sp³-hybridized carbons (Fsp3) is 0.200. The van der Waals surface area contributed by atoms with Gasteiger partial charge in [0.05, 0.1) is 17.4 Å². The second-order valence-electron chi connectivity index (χ2n) is 6.10. The molecule has 1 aliphatic carbocycles. The summed E-state index contributed by atoms with van der Waals surface area (Å²) in [7, 11) is 0. The summed E-state index contributed by atoms with van der Waals surface area (Å²) in [5.41, 5.74) is 4.42. The number of carbonyl (C=O) groups excluding carboxylic acids is 1. The summed E-state index contributed by atoms with van der Waals surface area (Å²) >= 11 is 0. The molecule has 1 heterocycles. The molecule has 0 saturated heterocycles. The highest BCUT2D eigenvalue weighted by Gasteiger charge is 2.24. The molecule has 23 heavy (non-hydrogen) atoms. The number of fused-ring (bicyclic) bond motifs is 2. The molecule has 0 radical (unpaired) electrons. The van der Waals surface area contributed by atoms with E-state index >= 15 is 0 Å². The molecule has 0 saturated carbocycles. The zero-order chi connectivity index (χ0) is 15.6. The second-order valence-corrected chi connectivity index (χ2v) is 6.10. The average Bonchev–Trinajstić information content (AvgIpc) is 2.98. The van der Waals surface area contributed by atoms with Crippen LogP contribution >= 0.6 is 0 Å². The van der Waals surface area contributed by atoms with Crippen molar-refractivity contribution in [3.05, 3.63) is 71.9 Å². The number of hydrogen-bond donors (Lipinski definition) is 1. The van der Waals surface area contributed by atoms with Gasteiger partial charge in [-0.2, -0.15) is 0 Å². The van der Waals surface area contributed by atoms with Crippen LogP contribution in [0.1, 0.15) is 29.9 Å².